The minimum atomic E-state index is 0.777. The molecule has 0 amide bonds. The van der Waals surface area contributed by atoms with Crippen molar-refractivity contribution in [3.63, 3.8) is 0 Å². The highest BCUT2D eigenvalue weighted by molar-refractivity contribution is 5.55. The van der Waals surface area contributed by atoms with Crippen molar-refractivity contribution in [2.75, 3.05) is 37.6 Å². The van der Waals surface area contributed by atoms with Gasteiger partial charge in [0.25, 0.3) is 0 Å². The van der Waals surface area contributed by atoms with Gasteiger partial charge < -0.3 is 4.90 Å². The Morgan fingerprint density at radius 3 is 2.17 bits per heavy atom. The Labute approximate surface area is 149 Å². The van der Waals surface area contributed by atoms with Crippen LogP contribution in [-0.4, -0.2) is 37.6 Å². The molecule has 1 aliphatic heterocycles. The van der Waals surface area contributed by atoms with Gasteiger partial charge in [-0.3, -0.25) is 4.90 Å². The SMILES string of the molecule is CC(C)CN1CCN(c2ccccc2C2CCCCCCC2)CC1. The number of piperazine rings is 1. The van der Waals surface area contributed by atoms with Crippen molar-refractivity contribution in [2.45, 2.75) is 64.7 Å². The average Bonchev–Trinajstić information content (AvgIpc) is 2.55. The molecule has 0 spiro atoms. The number of benzene rings is 1. The van der Waals surface area contributed by atoms with Crippen LogP contribution in [0.5, 0.6) is 0 Å². The minimum absolute atomic E-state index is 0.777. The molecule has 24 heavy (non-hydrogen) atoms. The first-order valence-corrected chi connectivity index (χ1v) is 10.3. The Morgan fingerprint density at radius 1 is 0.875 bits per heavy atom. The third kappa shape index (κ3) is 4.75. The van der Waals surface area contributed by atoms with Crippen LogP contribution >= 0.6 is 0 Å². The number of hydrogen-bond donors (Lipinski definition) is 0. The number of para-hydroxylation sites is 1. The molecular weight excluding hydrogens is 292 g/mol. The molecule has 2 fully saturated rings. The molecule has 1 saturated carbocycles. The van der Waals surface area contributed by atoms with Crippen LogP contribution in [-0.2, 0) is 0 Å². The molecular formula is C22H36N2. The normalized spacial score (nSPS) is 21.7. The Hall–Kier alpha value is -1.02. The maximum atomic E-state index is 2.66. The van der Waals surface area contributed by atoms with Crippen LogP contribution < -0.4 is 4.90 Å². The quantitative estimate of drug-likeness (QED) is 0.740. The van der Waals surface area contributed by atoms with E-state index in [4.69, 9.17) is 0 Å². The summed E-state index contributed by atoms with van der Waals surface area (Å²) in [6, 6.07) is 9.29. The van der Waals surface area contributed by atoms with Gasteiger partial charge in [0.2, 0.25) is 0 Å². The van der Waals surface area contributed by atoms with Crippen molar-refractivity contribution >= 4 is 5.69 Å². The zero-order valence-corrected chi connectivity index (χ0v) is 15.8. The van der Waals surface area contributed by atoms with E-state index in [2.05, 4.69) is 47.9 Å². The summed E-state index contributed by atoms with van der Waals surface area (Å²) in [7, 11) is 0. The molecule has 134 valence electrons. The predicted molar refractivity (Wildman–Crippen MR) is 105 cm³/mol. The van der Waals surface area contributed by atoms with Gasteiger partial charge >= 0.3 is 0 Å². The van der Waals surface area contributed by atoms with Crippen LogP contribution in [0.2, 0.25) is 0 Å². The molecule has 1 aromatic rings. The number of nitrogens with zero attached hydrogens (tertiary/aromatic N) is 2. The van der Waals surface area contributed by atoms with Crippen LogP contribution in [0.25, 0.3) is 0 Å². The lowest BCUT2D eigenvalue weighted by molar-refractivity contribution is 0.231. The predicted octanol–water partition coefficient (Wildman–Crippen LogP) is 5.29. The summed E-state index contributed by atoms with van der Waals surface area (Å²) in [5, 5.41) is 0. The first-order chi connectivity index (χ1) is 11.7. The molecule has 1 saturated heterocycles. The summed E-state index contributed by atoms with van der Waals surface area (Å²) in [6.07, 6.45) is 9.95. The van der Waals surface area contributed by atoms with E-state index in [0.29, 0.717) is 0 Å². The topological polar surface area (TPSA) is 6.48 Å². The van der Waals surface area contributed by atoms with Gasteiger partial charge in [-0.25, -0.2) is 0 Å². The van der Waals surface area contributed by atoms with Crippen molar-refractivity contribution < 1.29 is 0 Å². The second kappa shape index (κ2) is 8.89. The molecule has 0 bridgehead atoms. The molecule has 0 unspecified atom stereocenters. The van der Waals surface area contributed by atoms with Gasteiger partial charge in [0, 0.05) is 38.4 Å². The van der Waals surface area contributed by atoms with Gasteiger partial charge in [-0.05, 0) is 36.3 Å². The van der Waals surface area contributed by atoms with Crippen molar-refractivity contribution in [1.29, 1.82) is 0 Å². The van der Waals surface area contributed by atoms with Crippen LogP contribution in [0, 0.1) is 5.92 Å². The lowest BCUT2D eigenvalue weighted by atomic mass is 9.85. The lowest BCUT2D eigenvalue weighted by Gasteiger charge is -2.38. The maximum absolute atomic E-state index is 2.66. The van der Waals surface area contributed by atoms with Gasteiger partial charge in [-0.2, -0.15) is 0 Å². The third-order valence-electron chi connectivity index (χ3n) is 5.82. The minimum Gasteiger partial charge on any atom is -0.369 e. The van der Waals surface area contributed by atoms with Crippen LogP contribution in [0.15, 0.2) is 24.3 Å². The van der Waals surface area contributed by atoms with Gasteiger partial charge in [-0.15, -0.1) is 0 Å². The van der Waals surface area contributed by atoms with E-state index < -0.39 is 0 Å². The molecule has 1 heterocycles. The summed E-state index contributed by atoms with van der Waals surface area (Å²) in [5.41, 5.74) is 3.17. The highest BCUT2D eigenvalue weighted by Crippen LogP contribution is 2.36. The van der Waals surface area contributed by atoms with Crippen molar-refractivity contribution in [3.05, 3.63) is 29.8 Å². The van der Waals surface area contributed by atoms with E-state index in [9.17, 15) is 0 Å². The lowest BCUT2D eigenvalue weighted by Crippen LogP contribution is -2.47. The van der Waals surface area contributed by atoms with E-state index in [1.165, 1.54) is 83.4 Å². The van der Waals surface area contributed by atoms with Crippen molar-refractivity contribution in [1.82, 2.24) is 4.90 Å². The van der Waals surface area contributed by atoms with Crippen LogP contribution in [0.4, 0.5) is 5.69 Å². The third-order valence-corrected chi connectivity index (χ3v) is 5.82. The number of anilines is 1. The largest absolute Gasteiger partial charge is 0.369 e. The summed E-state index contributed by atoms with van der Waals surface area (Å²) in [6.45, 7) is 10.7. The Morgan fingerprint density at radius 2 is 1.50 bits per heavy atom. The number of rotatable bonds is 4. The van der Waals surface area contributed by atoms with Crippen LogP contribution in [0.1, 0.15) is 70.3 Å². The Balaban J connectivity index is 1.68. The van der Waals surface area contributed by atoms with Crippen molar-refractivity contribution in [3.8, 4) is 0 Å². The second-order valence-corrected chi connectivity index (χ2v) is 8.28. The molecule has 1 aromatic carbocycles. The van der Waals surface area contributed by atoms with Crippen LogP contribution in [0.3, 0.4) is 0 Å². The summed E-state index contributed by atoms with van der Waals surface area (Å²) in [5.74, 6) is 1.56. The molecule has 0 atom stereocenters. The zero-order valence-electron chi connectivity index (χ0n) is 15.8. The molecule has 0 radical (unpaired) electrons. The zero-order chi connectivity index (χ0) is 16.8. The van der Waals surface area contributed by atoms with Gasteiger partial charge in [-0.1, -0.05) is 64.2 Å². The molecule has 2 aliphatic rings. The fourth-order valence-corrected chi connectivity index (χ4v) is 4.58. The van der Waals surface area contributed by atoms with Gasteiger partial charge in [0.1, 0.15) is 0 Å². The molecule has 1 aliphatic carbocycles. The monoisotopic (exact) mass is 328 g/mol. The average molecular weight is 329 g/mol. The molecule has 0 aromatic heterocycles. The van der Waals surface area contributed by atoms with E-state index in [1.54, 1.807) is 5.56 Å². The molecule has 2 heteroatoms. The van der Waals surface area contributed by atoms with E-state index >= 15 is 0 Å². The summed E-state index contributed by atoms with van der Waals surface area (Å²) < 4.78 is 0. The first kappa shape index (κ1) is 17.8. The molecule has 0 N–H and O–H groups in total. The highest BCUT2D eigenvalue weighted by atomic mass is 15.3. The standard InChI is InChI=1S/C22H36N2/c1-19(2)18-23-14-16-24(17-15-23)22-13-9-8-12-21(22)20-10-6-4-3-5-7-11-20/h8-9,12-13,19-20H,3-7,10-11,14-18H2,1-2H3. The summed E-state index contributed by atoms with van der Waals surface area (Å²) in [4.78, 5) is 5.30. The fraction of sp³-hybridized carbons (Fsp3) is 0.727. The Bertz CT molecular complexity index is 480. The van der Waals surface area contributed by atoms with E-state index in [-0.39, 0.29) is 0 Å². The molecule has 3 rings (SSSR count). The highest BCUT2D eigenvalue weighted by Gasteiger charge is 2.22. The maximum Gasteiger partial charge on any atom is 0.0402 e. The first-order valence-electron chi connectivity index (χ1n) is 10.3. The smallest absolute Gasteiger partial charge is 0.0402 e. The second-order valence-electron chi connectivity index (χ2n) is 8.28. The number of hydrogen-bond acceptors (Lipinski definition) is 2. The van der Waals surface area contributed by atoms with Gasteiger partial charge in [0.15, 0.2) is 0 Å². The Kier molecular flexibility index (Phi) is 6.59. The van der Waals surface area contributed by atoms with E-state index in [0.717, 1.165) is 11.8 Å². The fourth-order valence-electron chi connectivity index (χ4n) is 4.58. The molecule has 2 nitrogen and oxygen atoms in total. The van der Waals surface area contributed by atoms with Gasteiger partial charge in [0.05, 0.1) is 0 Å². The summed E-state index contributed by atoms with van der Waals surface area (Å²) >= 11 is 0. The van der Waals surface area contributed by atoms with E-state index in [1.807, 2.05) is 0 Å². The van der Waals surface area contributed by atoms with Crippen molar-refractivity contribution in [2.24, 2.45) is 5.92 Å².